The second kappa shape index (κ2) is 7.50. The van der Waals surface area contributed by atoms with Gasteiger partial charge in [-0.25, -0.2) is 0 Å². The molecule has 1 amide bonds. The van der Waals surface area contributed by atoms with Crippen molar-refractivity contribution in [3.05, 3.63) is 47.3 Å². The third-order valence-corrected chi connectivity index (χ3v) is 4.95. The van der Waals surface area contributed by atoms with Gasteiger partial charge >= 0.3 is 0 Å². The van der Waals surface area contributed by atoms with Gasteiger partial charge < -0.3 is 14.7 Å². The summed E-state index contributed by atoms with van der Waals surface area (Å²) < 4.78 is 7.46. The van der Waals surface area contributed by atoms with Crippen molar-refractivity contribution in [1.82, 2.24) is 14.7 Å². The number of aliphatic hydroxyl groups is 1. The molecule has 1 aliphatic rings. The van der Waals surface area contributed by atoms with E-state index in [1.54, 1.807) is 15.8 Å². The fourth-order valence-corrected chi connectivity index (χ4v) is 3.26. The number of hydrogen-bond acceptors (Lipinski definition) is 4. The van der Waals surface area contributed by atoms with Crippen molar-refractivity contribution in [3.63, 3.8) is 0 Å². The van der Waals surface area contributed by atoms with Gasteiger partial charge in [0.25, 0.3) is 0 Å². The lowest BCUT2D eigenvalue weighted by molar-refractivity contribution is -0.140. The van der Waals surface area contributed by atoms with Crippen LogP contribution in [0.2, 0.25) is 0 Å². The van der Waals surface area contributed by atoms with Gasteiger partial charge in [-0.2, -0.15) is 5.10 Å². The molecule has 0 saturated carbocycles. The van der Waals surface area contributed by atoms with E-state index >= 15 is 0 Å². The van der Waals surface area contributed by atoms with Crippen molar-refractivity contribution in [3.8, 4) is 5.75 Å². The van der Waals surface area contributed by atoms with Gasteiger partial charge in [0.15, 0.2) is 0 Å². The van der Waals surface area contributed by atoms with Gasteiger partial charge in [-0.05, 0) is 62.4 Å². The molecule has 1 aromatic heterocycles. The highest BCUT2D eigenvalue weighted by Gasteiger charge is 2.36. The summed E-state index contributed by atoms with van der Waals surface area (Å²) in [6.45, 7) is 7.36. The van der Waals surface area contributed by atoms with Crippen molar-refractivity contribution in [1.29, 1.82) is 0 Å². The zero-order chi connectivity index (χ0) is 18.7. The summed E-state index contributed by atoms with van der Waals surface area (Å²) in [5.74, 6) is 0.717. The van der Waals surface area contributed by atoms with Crippen LogP contribution >= 0.6 is 0 Å². The van der Waals surface area contributed by atoms with Crippen molar-refractivity contribution >= 4 is 5.91 Å². The van der Waals surface area contributed by atoms with Crippen molar-refractivity contribution in [2.45, 2.75) is 45.8 Å². The number of piperidine rings is 1. The maximum absolute atomic E-state index is 12.5. The van der Waals surface area contributed by atoms with E-state index < -0.39 is 5.60 Å². The zero-order valence-electron chi connectivity index (χ0n) is 15.7. The predicted octanol–water partition coefficient (Wildman–Crippen LogP) is 2.24. The van der Waals surface area contributed by atoms with Crippen LogP contribution in [0, 0.1) is 20.8 Å². The van der Waals surface area contributed by atoms with E-state index in [1.165, 1.54) is 5.56 Å². The molecule has 0 aliphatic carbocycles. The maximum Gasteiger partial charge on any atom is 0.244 e. The monoisotopic (exact) mass is 357 g/mol. The number of ether oxygens (including phenoxy) is 1. The highest BCUT2D eigenvalue weighted by atomic mass is 16.5. The van der Waals surface area contributed by atoms with Crippen LogP contribution in [0.15, 0.2) is 30.6 Å². The molecule has 2 heterocycles. The second-order valence-corrected chi connectivity index (χ2v) is 7.39. The minimum absolute atomic E-state index is 0.0302. The molecular weight excluding hydrogens is 330 g/mol. The third kappa shape index (κ3) is 4.43. The smallest absolute Gasteiger partial charge is 0.244 e. The van der Waals surface area contributed by atoms with Crippen LogP contribution in [0.25, 0.3) is 0 Å². The second-order valence-electron chi connectivity index (χ2n) is 7.39. The summed E-state index contributed by atoms with van der Waals surface area (Å²) in [6.07, 6.45) is 4.97. The number of benzene rings is 1. The number of aryl methyl sites for hydroxylation is 3. The average Bonchev–Trinajstić information content (AvgIpc) is 3.01. The van der Waals surface area contributed by atoms with E-state index in [9.17, 15) is 9.90 Å². The van der Waals surface area contributed by atoms with Gasteiger partial charge in [0.2, 0.25) is 5.91 Å². The highest BCUT2D eigenvalue weighted by molar-refractivity contribution is 5.76. The van der Waals surface area contributed by atoms with E-state index in [1.807, 2.05) is 38.2 Å². The summed E-state index contributed by atoms with van der Waals surface area (Å²) in [5.41, 5.74) is 2.37. The Morgan fingerprint density at radius 1 is 1.31 bits per heavy atom. The maximum atomic E-state index is 12.5. The number of likely N-dealkylation sites (tertiary alicyclic amines) is 1. The van der Waals surface area contributed by atoms with E-state index in [0.29, 0.717) is 13.0 Å². The molecule has 2 aromatic rings. The first-order chi connectivity index (χ1) is 12.3. The minimum Gasteiger partial charge on any atom is -0.491 e. The molecule has 1 saturated heterocycles. The lowest BCUT2D eigenvalue weighted by atomic mass is 9.93. The highest BCUT2D eigenvalue weighted by Crippen LogP contribution is 2.24. The first-order valence-electron chi connectivity index (χ1n) is 9.04. The number of amides is 1. The quantitative estimate of drug-likeness (QED) is 0.891. The van der Waals surface area contributed by atoms with E-state index in [0.717, 1.165) is 23.3 Å². The number of rotatable bonds is 5. The van der Waals surface area contributed by atoms with Gasteiger partial charge in [-0.3, -0.25) is 9.48 Å². The number of hydrogen-bond donors (Lipinski definition) is 1. The first-order valence-corrected chi connectivity index (χ1v) is 9.04. The fraction of sp³-hybridized carbons (Fsp3) is 0.500. The van der Waals surface area contributed by atoms with Crippen molar-refractivity contribution in [2.75, 3.05) is 19.7 Å². The zero-order valence-corrected chi connectivity index (χ0v) is 15.7. The summed E-state index contributed by atoms with van der Waals surface area (Å²) in [5, 5.41) is 15.1. The molecule has 6 nitrogen and oxygen atoms in total. The molecule has 140 valence electrons. The molecule has 26 heavy (non-hydrogen) atoms. The van der Waals surface area contributed by atoms with Crippen LogP contribution in [0.1, 0.15) is 29.5 Å². The predicted molar refractivity (Wildman–Crippen MR) is 99.1 cm³/mol. The van der Waals surface area contributed by atoms with Crippen LogP contribution in [-0.2, 0) is 11.3 Å². The summed E-state index contributed by atoms with van der Waals surface area (Å²) in [4.78, 5) is 14.2. The standard InChI is InChI=1S/C20H27N3O3/c1-15-10-21-23(11-15)12-19(24)22-8-4-7-20(25,13-22)14-26-18-6-5-16(2)17(3)9-18/h5-6,9-11,25H,4,7-8,12-14H2,1-3H3. The molecule has 0 radical (unpaired) electrons. The topological polar surface area (TPSA) is 67.6 Å². The summed E-state index contributed by atoms with van der Waals surface area (Å²) >= 11 is 0. The SMILES string of the molecule is Cc1cnn(CC(=O)N2CCCC(O)(COc3ccc(C)c(C)c3)C2)c1. The molecule has 0 spiro atoms. The van der Waals surface area contributed by atoms with Crippen LogP contribution in [0.4, 0.5) is 0 Å². The Kier molecular flexibility index (Phi) is 5.32. The number of carbonyl (C=O) groups excluding carboxylic acids is 1. The normalized spacial score (nSPS) is 20.2. The van der Waals surface area contributed by atoms with Gasteiger partial charge in [0, 0.05) is 12.7 Å². The molecule has 1 fully saturated rings. The fourth-order valence-electron chi connectivity index (χ4n) is 3.26. The van der Waals surface area contributed by atoms with Crippen LogP contribution in [0.3, 0.4) is 0 Å². The number of nitrogens with zero attached hydrogens (tertiary/aromatic N) is 3. The Balaban J connectivity index is 1.58. The minimum atomic E-state index is -1.02. The third-order valence-electron chi connectivity index (χ3n) is 4.95. The number of aromatic nitrogens is 2. The first kappa shape index (κ1) is 18.5. The van der Waals surface area contributed by atoms with Gasteiger partial charge in [0.1, 0.15) is 24.5 Å². The Labute approximate surface area is 154 Å². The van der Waals surface area contributed by atoms with Gasteiger partial charge in [-0.15, -0.1) is 0 Å². The molecule has 3 rings (SSSR count). The molecule has 0 bridgehead atoms. The van der Waals surface area contributed by atoms with Gasteiger partial charge in [-0.1, -0.05) is 6.07 Å². The Morgan fingerprint density at radius 2 is 2.12 bits per heavy atom. The van der Waals surface area contributed by atoms with Crippen LogP contribution < -0.4 is 4.74 Å². The largest absolute Gasteiger partial charge is 0.491 e. The Bertz CT molecular complexity index is 786. The van der Waals surface area contributed by atoms with Gasteiger partial charge in [0.05, 0.1) is 12.7 Å². The van der Waals surface area contributed by atoms with E-state index in [2.05, 4.69) is 12.0 Å². The molecule has 1 N–H and O–H groups in total. The van der Waals surface area contributed by atoms with Crippen molar-refractivity contribution in [2.24, 2.45) is 0 Å². The molecule has 1 aliphatic heterocycles. The van der Waals surface area contributed by atoms with Crippen molar-refractivity contribution < 1.29 is 14.6 Å². The summed E-state index contributed by atoms with van der Waals surface area (Å²) in [6, 6.07) is 5.90. The molecule has 1 aromatic carbocycles. The molecule has 6 heteroatoms. The summed E-state index contributed by atoms with van der Waals surface area (Å²) in [7, 11) is 0. The molecule has 1 atom stereocenters. The van der Waals surface area contributed by atoms with Crippen LogP contribution in [-0.4, -0.2) is 51.0 Å². The van der Waals surface area contributed by atoms with E-state index in [4.69, 9.17) is 4.74 Å². The van der Waals surface area contributed by atoms with E-state index in [-0.39, 0.29) is 25.6 Å². The number of carbonyl (C=O) groups is 1. The molecular formula is C20H27N3O3. The lowest BCUT2D eigenvalue weighted by Gasteiger charge is -2.39. The Morgan fingerprint density at radius 3 is 2.81 bits per heavy atom. The average molecular weight is 357 g/mol. The Hall–Kier alpha value is -2.34. The van der Waals surface area contributed by atoms with Crippen LogP contribution in [0.5, 0.6) is 5.75 Å². The number of β-amino-alcohol motifs (C(OH)–C–C–N with tert-alkyl or cyclic N) is 1. The lowest BCUT2D eigenvalue weighted by Crippen LogP contribution is -2.53. The molecule has 1 unspecified atom stereocenters.